The highest BCUT2D eigenvalue weighted by molar-refractivity contribution is 7.91. The van der Waals surface area contributed by atoms with Crippen molar-refractivity contribution < 1.29 is 8.42 Å². The molecular formula is C12H13Cl2N3O2S. The molecule has 5 nitrogen and oxygen atoms in total. The number of hydrogen-bond acceptors (Lipinski definition) is 4. The van der Waals surface area contributed by atoms with Gasteiger partial charge in [-0.25, -0.2) is 18.4 Å². The summed E-state index contributed by atoms with van der Waals surface area (Å²) >= 11 is 11.9. The van der Waals surface area contributed by atoms with Crippen molar-refractivity contribution in [3.05, 3.63) is 23.1 Å². The van der Waals surface area contributed by atoms with E-state index in [-0.39, 0.29) is 23.4 Å². The van der Waals surface area contributed by atoms with Crippen LogP contribution in [0.4, 0.5) is 0 Å². The summed E-state index contributed by atoms with van der Waals surface area (Å²) in [6, 6.07) is 1.82. The van der Waals surface area contributed by atoms with Crippen LogP contribution in [0.15, 0.2) is 12.3 Å². The van der Waals surface area contributed by atoms with E-state index in [9.17, 15) is 8.42 Å². The monoisotopic (exact) mass is 333 g/mol. The maximum absolute atomic E-state index is 11.5. The van der Waals surface area contributed by atoms with Gasteiger partial charge in [-0.15, -0.1) is 11.6 Å². The molecule has 108 valence electrons. The minimum Gasteiger partial charge on any atom is -0.309 e. The Morgan fingerprint density at radius 3 is 2.70 bits per heavy atom. The summed E-state index contributed by atoms with van der Waals surface area (Å²) in [6.07, 6.45) is 2.71. The third-order valence-corrected chi connectivity index (χ3v) is 5.74. The maximum Gasteiger partial charge on any atom is 0.160 e. The highest BCUT2D eigenvalue weighted by Crippen LogP contribution is 2.30. The second-order valence-corrected chi connectivity index (χ2v) is 7.92. The zero-order chi connectivity index (χ0) is 14.3. The fourth-order valence-corrected chi connectivity index (χ4v) is 4.43. The standard InChI is InChI=1S/C12H13Cl2N3O2S/c13-6-11-16-10-5-8(14)7-15-12(10)17(11)9-1-3-20(18,19)4-2-9/h5,7,9H,1-4,6H2. The third-order valence-electron chi connectivity index (χ3n) is 3.58. The van der Waals surface area contributed by atoms with E-state index in [1.807, 2.05) is 4.57 Å². The molecule has 0 bridgehead atoms. The van der Waals surface area contributed by atoms with Crippen LogP contribution in [0, 0.1) is 0 Å². The first-order valence-corrected chi connectivity index (χ1v) is 9.02. The van der Waals surface area contributed by atoms with Crippen LogP contribution in [0.5, 0.6) is 0 Å². The quantitative estimate of drug-likeness (QED) is 0.792. The van der Waals surface area contributed by atoms with Gasteiger partial charge in [-0.05, 0) is 18.9 Å². The Morgan fingerprint density at radius 2 is 2.05 bits per heavy atom. The molecule has 0 N–H and O–H groups in total. The molecule has 0 atom stereocenters. The summed E-state index contributed by atoms with van der Waals surface area (Å²) in [7, 11) is -2.89. The van der Waals surface area contributed by atoms with Crippen molar-refractivity contribution in [3.8, 4) is 0 Å². The number of alkyl halides is 1. The van der Waals surface area contributed by atoms with Crippen LogP contribution >= 0.6 is 23.2 Å². The highest BCUT2D eigenvalue weighted by atomic mass is 35.5. The van der Waals surface area contributed by atoms with Gasteiger partial charge in [0.05, 0.1) is 22.4 Å². The number of nitrogens with zero attached hydrogens (tertiary/aromatic N) is 3. The van der Waals surface area contributed by atoms with Gasteiger partial charge in [0.15, 0.2) is 5.65 Å². The zero-order valence-electron chi connectivity index (χ0n) is 10.6. The zero-order valence-corrected chi connectivity index (χ0v) is 12.9. The summed E-state index contributed by atoms with van der Waals surface area (Å²) in [5.41, 5.74) is 1.41. The Bertz CT molecular complexity index is 743. The van der Waals surface area contributed by atoms with Crippen molar-refractivity contribution in [2.75, 3.05) is 11.5 Å². The average Bonchev–Trinajstić information content (AvgIpc) is 2.76. The second-order valence-electron chi connectivity index (χ2n) is 4.91. The van der Waals surface area contributed by atoms with E-state index in [2.05, 4.69) is 9.97 Å². The fourth-order valence-electron chi connectivity index (χ4n) is 2.62. The third kappa shape index (κ3) is 2.52. The summed E-state index contributed by atoms with van der Waals surface area (Å²) in [5.74, 6) is 1.37. The summed E-state index contributed by atoms with van der Waals surface area (Å²) < 4.78 is 25.1. The first-order chi connectivity index (χ1) is 9.50. The van der Waals surface area contributed by atoms with Gasteiger partial charge in [-0.1, -0.05) is 11.6 Å². The molecule has 2 aromatic heterocycles. The van der Waals surface area contributed by atoms with Crippen LogP contribution in [-0.4, -0.2) is 34.5 Å². The minimum absolute atomic E-state index is 0.0750. The van der Waals surface area contributed by atoms with E-state index in [0.29, 0.717) is 34.9 Å². The summed E-state index contributed by atoms with van der Waals surface area (Å²) in [5, 5.41) is 0.523. The topological polar surface area (TPSA) is 64.8 Å². The Balaban J connectivity index is 2.06. The van der Waals surface area contributed by atoms with Gasteiger partial charge in [-0.2, -0.15) is 0 Å². The van der Waals surface area contributed by atoms with E-state index >= 15 is 0 Å². The Kier molecular flexibility index (Phi) is 3.64. The number of imidazole rings is 1. The Morgan fingerprint density at radius 1 is 1.35 bits per heavy atom. The molecule has 2 aromatic rings. The van der Waals surface area contributed by atoms with Gasteiger partial charge in [0.1, 0.15) is 21.2 Å². The number of hydrogen-bond donors (Lipinski definition) is 0. The van der Waals surface area contributed by atoms with Gasteiger partial charge in [0.2, 0.25) is 0 Å². The SMILES string of the molecule is O=S1(=O)CCC(n2c(CCl)nc3cc(Cl)cnc32)CC1. The molecule has 0 spiro atoms. The molecule has 3 rings (SSSR count). The van der Waals surface area contributed by atoms with Crippen molar-refractivity contribution in [3.63, 3.8) is 0 Å². The summed E-state index contributed by atoms with van der Waals surface area (Å²) in [6.45, 7) is 0. The number of sulfone groups is 1. The summed E-state index contributed by atoms with van der Waals surface area (Å²) in [4.78, 5) is 8.76. The smallest absolute Gasteiger partial charge is 0.160 e. The normalized spacial score (nSPS) is 19.5. The molecule has 3 heterocycles. The van der Waals surface area contributed by atoms with Crippen LogP contribution in [-0.2, 0) is 15.7 Å². The van der Waals surface area contributed by atoms with E-state index in [1.54, 1.807) is 12.3 Å². The Hall–Kier alpha value is -0.850. The molecule has 0 radical (unpaired) electrons. The van der Waals surface area contributed by atoms with Crippen LogP contribution in [0.2, 0.25) is 5.02 Å². The van der Waals surface area contributed by atoms with Crippen LogP contribution in [0.25, 0.3) is 11.2 Å². The molecule has 1 aliphatic rings. The van der Waals surface area contributed by atoms with Crippen LogP contribution < -0.4 is 0 Å². The second kappa shape index (κ2) is 5.16. The van der Waals surface area contributed by atoms with Crippen molar-refractivity contribution in [1.82, 2.24) is 14.5 Å². The highest BCUT2D eigenvalue weighted by Gasteiger charge is 2.27. The van der Waals surface area contributed by atoms with Gasteiger partial charge >= 0.3 is 0 Å². The van der Waals surface area contributed by atoms with Gasteiger partial charge < -0.3 is 4.57 Å². The van der Waals surface area contributed by atoms with E-state index in [0.717, 1.165) is 0 Å². The van der Waals surface area contributed by atoms with Gasteiger partial charge in [0.25, 0.3) is 0 Å². The fraction of sp³-hybridized carbons (Fsp3) is 0.500. The molecule has 0 aliphatic carbocycles. The number of rotatable bonds is 2. The van der Waals surface area contributed by atoms with Crippen LogP contribution in [0.1, 0.15) is 24.7 Å². The first-order valence-electron chi connectivity index (χ1n) is 6.29. The molecule has 0 saturated carbocycles. The van der Waals surface area contributed by atoms with Gasteiger partial charge in [0, 0.05) is 12.2 Å². The number of fused-ring (bicyclic) bond motifs is 1. The van der Waals surface area contributed by atoms with Crippen molar-refractivity contribution >= 4 is 44.2 Å². The first kappa shape index (κ1) is 14.1. The molecule has 1 saturated heterocycles. The maximum atomic E-state index is 11.5. The van der Waals surface area contributed by atoms with Gasteiger partial charge in [-0.3, -0.25) is 0 Å². The lowest BCUT2D eigenvalue weighted by Gasteiger charge is -2.24. The molecule has 0 aromatic carbocycles. The molecule has 20 heavy (non-hydrogen) atoms. The molecule has 0 unspecified atom stereocenters. The molecule has 8 heteroatoms. The lowest BCUT2D eigenvalue weighted by Crippen LogP contribution is -2.26. The lowest BCUT2D eigenvalue weighted by molar-refractivity contribution is 0.448. The predicted molar refractivity (Wildman–Crippen MR) is 79.0 cm³/mol. The number of pyridine rings is 1. The predicted octanol–water partition coefficient (Wildman–Crippen LogP) is 2.57. The number of aromatic nitrogens is 3. The van der Waals surface area contributed by atoms with E-state index in [4.69, 9.17) is 23.2 Å². The van der Waals surface area contributed by atoms with Crippen molar-refractivity contribution in [2.24, 2.45) is 0 Å². The van der Waals surface area contributed by atoms with Crippen LogP contribution in [0.3, 0.4) is 0 Å². The molecule has 1 aliphatic heterocycles. The molecular weight excluding hydrogens is 321 g/mol. The van der Waals surface area contributed by atoms with E-state index < -0.39 is 9.84 Å². The Labute approximate surface area is 126 Å². The number of halogens is 2. The minimum atomic E-state index is -2.89. The van der Waals surface area contributed by atoms with E-state index in [1.165, 1.54) is 0 Å². The average molecular weight is 334 g/mol. The van der Waals surface area contributed by atoms with Crippen molar-refractivity contribution in [1.29, 1.82) is 0 Å². The molecule has 1 fully saturated rings. The largest absolute Gasteiger partial charge is 0.309 e. The molecule has 0 amide bonds. The lowest BCUT2D eigenvalue weighted by atomic mass is 10.1. The van der Waals surface area contributed by atoms with Crippen molar-refractivity contribution in [2.45, 2.75) is 24.8 Å².